The number of hydrogen-bond acceptors (Lipinski definition) is 6. The molecular weight excluding hydrogens is 568 g/mol. The minimum absolute atomic E-state index is 0.150. The number of hydrogen-bond donors (Lipinski definition) is 1. The van der Waals surface area contributed by atoms with Crippen LogP contribution < -0.4 is 4.90 Å². The normalized spacial score (nSPS) is 27.3. The second-order valence-electron chi connectivity index (χ2n) is 12.2. The van der Waals surface area contributed by atoms with E-state index in [-0.39, 0.29) is 25.0 Å². The first kappa shape index (κ1) is 30.7. The van der Waals surface area contributed by atoms with Crippen LogP contribution in [0.2, 0.25) is 0 Å². The van der Waals surface area contributed by atoms with Crippen molar-refractivity contribution in [3.8, 4) is 0 Å². The first-order chi connectivity index (χ1) is 21.9. The number of nitrogens with zero attached hydrogens (tertiary/aromatic N) is 2. The molecule has 1 N–H and O–H groups in total. The van der Waals surface area contributed by atoms with Crippen LogP contribution in [0.25, 0.3) is 10.8 Å². The van der Waals surface area contributed by atoms with Gasteiger partial charge in [-0.05, 0) is 54.2 Å². The lowest BCUT2D eigenvalue weighted by Gasteiger charge is -2.39. The van der Waals surface area contributed by atoms with E-state index >= 15 is 4.79 Å². The molecule has 2 amide bonds. The zero-order valence-corrected chi connectivity index (χ0v) is 25.6. The molecule has 3 aromatic carbocycles. The highest BCUT2D eigenvalue weighted by Gasteiger charge is 2.79. The van der Waals surface area contributed by atoms with Crippen molar-refractivity contribution in [3.05, 3.63) is 104 Å². The standard InChI is InChI=1S/C37H40N2O6/c1-4-7-22-44-35(43)31-30-33(41)39(29(24-40)26-14-9-8-10-15-26)32(37(30)20-19-36(31,6-3)45-37)34(42)38(21-5-2)28-18-17-25-13-11-12-16-27(25)23-28/h4-5,8-18,23,29-32,40H,1-2,6-7,19-22,24H2,3H3/t29-,30+,31+,32?,36-,37?/m1/s1. The molecule has 1 spiro atoms. The molecule has 6 atom stereocenters. The third-order valence-electron chi connectivity index (χ3n) is 9.99. The maximum absolute atomic E-state index is 15.1. The molecule has 3 aliphatic rings. The van der Waals surface area contributed by atoms with Crippen LogP contribution in [0.3, 0.4) is 0 Å². The summed E-state index contributed by atoms with van der Waals surface area (Å²) in [5.74, 6) is -3.03. The Balaban J connectivity index is 1.49. The Morgan fingerprint density at radius 3 is 2.49 bits per heavy atom. The maximum atomic E-state index is 15.1. The Labute approximate surface area is 263 Å². The molecule has 45 heavy (non-hydrogen) atoms. The van der Waals surface area contributed by atoms with Gasteiger partial charge in [-0.25, -0.2) is 0 Å². The summed E-state index contributed by atoms with van der Waals surface area (Å²) in [6, 6.07) is 21.0. The van der Waals surface area contributed by atoms with Crippen molar-refractivity contribution in [2.45, 2.75) is 55.9 Å². The molecule has 0 radical (unpaired) electrons. The van der Waals surface area contributed by atoms with Gasteiger partial charge in [0.2, 0.25) is 5.91 Å². The maximum Gasteiger partial charge on any atom is 0.312 e. The highest BCUT2D eigenvalue weighted by atomic mass is 16.6. The molecule has 2 unspecified atom stereocenters. The predicted octanol–water partition coefficient (Wildman–Crippen LogP) is 5.37. The summed E-state index contributed by atoms with van der Waals surface area (Å²) in [6.45, 7) is 9.51. The fourth-order valence-electron chi connectivity index (χ4n) is 7.94. The number of carbonyl (C=O) groups is 3. The van der Waals surface area contributed by atoms with Gasteiger partial charge in [0, 0.05) is 12.2 Å². The fourth-order valence-corrected chi connectivity index (χ4v) is 7.94. The molecule has 6 rings (SSSR count). The number of benzene rings is 3. The summed E-state index contributed by atoms with van der Waals surface area (Å²) in [6.07, 6.45) is 5.24. The molecule has 8 heteroatoms. The van der Waals surface area contributed by atoms with Crippen LogP contribution in [0.1, 0.15) is 44.2 Å². The van der Waals surface area contributed by atoms with E-state index in [1.165, 1.54) is 4.90 Å². The number of carbonyl (C=O) groups excluding carboxylic acids is 3. The van der Waals surface area contributed by atoms with Gasteiger partial charge in [-0.2, -0.15) is 0 Å². The molecule has 2 bridgehead atoms. The Morgan fingerprint density at radius 1 is 1.07 bits per heavy atom. The van der Waals surface area contributed by atoms with Crippen LogP contribution in [0.15, 0.2) is 98.1 Å². The van der Waals surface area contributed by atoms with Crippen LogP contribution in [-0.4, -0.2) is 64.8 Å². The lowest BCUT2D eigenvalue weighted by atomic mass is 9.65. The summed E-state index contributed by atoms with van der Waals surface area (Å²) >= 11 is 0. The van der Waals surface area contributed by atoms with Crippen molar-refractivity contribution in [3.63, 3.8) is 0 Å². The summed E-state index contributed by atoms with van der Waals surface area (Å²) in [5, 5.41) is 12.8. The lowest BCUT2D eigenvalue weighted by molar-refractivity contribution is -0.162. The number of aliphatic hydroxyl groups is 1. The number of amides is 2. The molecule has 0 aromatic heterocycles. The number of anilines is 1. The molecule has 3 aromatic rings. The molecule has 0 aliphatic carbocycles. The fraction of sp³-hybridized carbons (Fsp3) is 0.378. The average molecular weight is 609 g/mol. The quantitative estimate of drug-likeness (QED) is 0.169. The third kappa shape index (κ3) is 4.87. The average Bonchev–Trinajstić information content (AvgIpc) is 3.68. The van der Waals surface area contributed by atoms with Gasteiger partial charge in [0.25, 0.3) is 5.91 Å². The molecule has 0 saturated carbocycles. The Bertz CT molecular complexity index is 1620. The molecule has 3 fully saturated rings. The van der Waals surface area contributed by atoms with Gasteiger partial charge >= 0.3 is 5.97 Å². The lowest BCUT2D eigenvalue weighted by Crippen LogP contribution is -2.57. The second kappa shape index (κ2) is 12.3. The van der Waals surface area contributed by atoms with E-state index in [9.17, 15) is 14.7 Å². The van der Waals surface area contributed by atoms with Crippen molar-refractivity contribution in [1.29, 1.82) is 0 Å². The topological polar surface area (TPSA) is 96.4 Å². The molecule has 3 heterocycles. The summed E-state index contributed by atoms with van der Waals surface area (Å²) in [7, 11) is 0. The largest absolute Gasteiger partial charge is 0.465 e. The molecule has 3 aliphatic heterocycles. The summed E-state index contributed by atoms with van der Waals surface area (Å²) in [5.41, 5.74) is -0.855. The number of ether oxygens (including phenoxy) is 2. The second-order valence-corrected chi connectivity index (χ2v) is 12.2. The van der Waals surface area contributed by atoms with Gasteiger partial charge in [-0.3, -0.25) is 14.4 Å². The van der Waals surface area contributed by atoms with E-state index in [1.807, 2.05) is 79.7 Å². The van der Waals surface area contributed by atoms with E-state index in [0.717, 1.165) is 10.8 Å². The Morgan fingerprint density at radius 2 is 1.80 bits per heavy atom. The monoisotopic (exact) mass is 608 g/mol. The van der Waals surface area contributed by atoms with Crippen molar-refractivity contribution >= 4 is 34.2 Å². The molecule has 234 valence electrons. The van der Waals surface area contributed by atoms with Crippen LogP contribution in [0.4, 0.5) is 5.69 Å². The Hall–Kier alpha value is -4.27. The van der Waals surface area contributed by atoms with Crippen molar-refractivity contribution < 1.29 is 29.0 Å². The number of likely N-dealkylation sites (tertiary alicyclic amines) is 1. The highest BCUT2D eigenvalue weighted by molar-refractivity contribution is 6.06. The molecule has 3 saturated heterocycles. The predicted molar refractivity (Wildman–Crippen MR) is 172 cm³/mol. The van der Waals surface area contributed by atoms with E-state index in [4.69, 9.17) is 9.47 Å². The van der Waals surface area contributed by atoms with E-state index in [0.29, 0.717) is 36.9 Å². The minimum atomic E-state index is -1.27. The summed E-state index contributed by atoms with van der Waals surface area (Å²) in [4.78, 5) is 46.7. The third-order valence-corrected chi connectivity index (χ3v) is 9.99. The van der Waals surface area contributed by atoms with Crippen LogP contribution >= 0.6 is 0 Å². The first-order valence-electron chi connectivity index (χ1n) is 15.7. The van der Waals surface area contributed by atoms with Gasteiger partial charge < -0.3 is 24.4 Å². The van der Waals surface area contributed by atoms with E-state index in [1.54, 1.807) is 17.1 Å². The zero-order chi connectivity index (χ0) is 31.8. The van der Waals surface area contributed by atoms with Gasteiger partial charge in [0.1, 0.15) is 17.6 Å². The van der Waals surface area contributed by atoms with Crippen molar-refractivity contribution in [1.82, 2.24) is 4.90 Å². The van der Waals surface area contributed by atoms with Crippen LogP contribution in [0, 0.1) is 11.8 Å². The number of rotatable bonds is 12. The Kier molecular flexibility index (Phi) is 8.37. The van der Waals surface area contributed by atoms with Gasteiger partial charge in [0.15, 0.2) is 0 Å². The summed E-state index contributed by atoms with van der Waals surface area (Å²) < 4.78 is 12.6. The van der Waals surface area contributed by atoms with E-state index < -0.39 is 47.7 Å². The smallest absolute Gasteiger partial charge is 0.312 e. The van der Waals surface area contributed by atoms with Crippen LogP contribution in [0.5, 0.6) is 0 Å². The zero-order valence-electron chi connectivity index (χ0n) is 25.6. The van der Waals surface area contributed by atoms with Crippen molar-refractivity contribution in [2.75, 3.05) is 24.7 Å². The van der Waals surface area contributed by atoms with Gasteiger partial charge in [-0.1, -0.05) is 79.7 Å². The number of aliphatic hydroxyl groups excluding tert-OH is 1. The molecular formula is C37H40N2O6. The first-order valence-corrected chi connectivity index (χ1v) is 15.7. The van der Waals surface area contributed by atoms with E-state index in [2.05, 4.69) is 13.2 Å². The molecule has 8 nitrogen and oxygen atoms in total. The SMILES string of the molecule is C=CCCOC(=O)[C@@H]1[C@H]2C(=O)N([C@H](CO)c3ccccc3)C(C(=O)N(CC=C)c3ccc4ccccc4c3)C23CC[C@@]1(CC)O3. The van der Waals surface area contributed by atoms with Gasteiger partial charge in [0.05, 0.1) is 30.8 Å². The van der Waals surface area contributed by atoms with Crippen molar-refractivity contribution in [2.24, 2.45) is 11.8 Å². The van der Waals surface area contributed by atoms with Gasteiger partial charge in [-0.15, -0.1) is 13.2 Å². The van der Waals surface area contributed by atoms with Crippen LogP contribution in [-0.2, 0) is 23.9 Å². The minimum Gasteiger partial charge on any atom is -0.465 e. The number of fused-ring (bicyclic) bond motifs is 2. The number of esters is 1. The highest BCUT2D eigenvalue weighted by Crippen LogP contribution is 2.65.